The number of aliphatic hydroxyl groups excluding tert-OH is 1. The number of nitrogens with one attached hydrogen (secondary N) is 1. The van der Waals surface area contributed by atoms with Gasteiger partial charge in [0.05, 0.1) is 6.61 Å². The monoisotopic (exact) mass is 310 g/mol. The van der Waals surface area contributed by atoms with Gasteiger partial charge in [-0.3, -0.25) is 5.32 Å². The molecule has 0 aliphatic rings. The van der Waals surface area contributed by atoms with Crippen molar-refractivity contribution in [2.75, 3.05) is 25.5 Å². The van der Waals surface area contributed by atoms with Gasteiger partial charge in [-0.2, -0.15) is 0 Å². The van der Waals surface area contributed by atoms with E-state index in [0.29, 0.717) is 16.6 Å². The molecule has 2 rings (SSSR count). The molecule has 0 atom stereocenters. The first-order valence-electron chi connectivity index (χ1n) is 6.28. The largest absolute Gasteiger partial charge is 0.395 e. The zero-order valence-electron chi connectivity index (χ0n) is 11.4. The van der Waals surface area contributed by atoms with Crippen LogP contribution in [0.25, 0.3) is 0 Å². The minimum Gasteiger partial charge on any atom is -0.395 e. The van der Waals surface area contributed by atoms with Crippen molar-refractivity contribution in [3.8, 4) is 0 Å². The third-order valence-electron chi connectivity index (χ3n) is 2.71. The second-order valence-electron chi connectivity index (χ2n) is 4.38. The summed E-state index contributed by atoms with van der Waals surface area (Å²) in [5, 5.41) is 20.2. The van der Waals surface area contributed by atoms with E-state index in [1.165, 1.54) is 28.4 Å². The summed E-state index contributed by atoms with van der Waals surface area (Å²) in [5.74, 6) is -0.295. The number of carbonyl (C=O) groups excluding carboxylic acids is 1. The van der Waals surface area contributed by atoms with E-state index in [-0.39, 0.29) is 25.0 Å². The van der Waals surface area contributed by atoms with Gasteiger partial charge in [-0.15, -0.1) is 10.2 Å². The van der Waals surface area contributed by atoms with Gasteiger partial charge in [0.1, 0.15) is 10.8 Å². The van der Waals surface area contributed by atoms with E-state index in [1.54, 1.807) is 19.2 Å². The van der Waals surface area contributed by atoms with E-state index in [2.05, 4.69) is 15.5 Å². The molecule has 2 amide bonds. The predicted molar refractivity (Wildman–Crippen MR) is 77.8 cm³/mol. The average molecular weight is 310 g/mol. The first-order valence-corrected chi connectivity index (χ1v) is 7.10. The van der Waals surface area contributed by atoms with Crippen LogP contribution in [0.15, 0.2) is 24.3 Å². The van der Waals surface area contributed by atoms with Gasteiger partial charge in [0, 0.05) is 20.0 Å². The molecule has 2 N–H and O–H groups in total. The number of aliphatic hydroxyl groups is 1. The van der Waals surface area contributed by atoms with Gasteiger partial charge in [-0.1, -0.05) is 23.5 Å². The van der Waals surface area contributed by atoms with E-state index in [1.807, 2.05) is 0 Å². The Morgan fingerprint density at radius 3 is 3.00 bits per heavy atom. The van der Waals surface area contributed by atoms with Gasteiger partial charge in [-0.05, 0) is 17.7 Å². The Hall–Kier alpha value is -2.06. The quantitative estimate of drug-likeness (QED) is 0.881. The molecule has 0 spiro atoms. The summed E-state index contributed by atoms with van der Waals surface area (Å²) in [5.41, 5.74) is 0.793. The number of carbonyl (C=O) groups is 1. The topological polar surface area (TPSA) is 78.4 Å². The Labute approximate surface area is 125 Å². The molecule has 0 saturated carbocycles. The van der Waals surface area contributed by atoms with Crippen molar-refractivity contribution in [3.05, 3.63) is 40.7 Å². The maximum absolute atomic E-state index is 13.1. The van der Waals surface area contributed by atoms with Crippen molar-refractivity contribution >= 4 is 22.5 Å². The molecular weight excluding hydrogens is 295 g/mol. The van der Waals surface area contributed by atoms with E-state index in [9.17, 15) is 9.18 Å². The summed E-state index contributed by atoms with van der Waals surface area (Å²) >= 11 is 1.23. The average Bonchev–Trinajstić information content (AvgIpc) is 2.86. The first-order chi connectivity index (χ1) is 10.1. The third-order valence-corrected chi connectivity index (χ3v) is 3.55. The number of hydrogen-bond acceptors (Lipinski definition) is 5. The Balaban J connectivity index is 1.97. The maximum atomic E-state index is 13.1. The molecule has 2 aromatic rings. The van der Waals surface area contributed by atoms with Crippen LogP contribution in [0.3, 0.4) is 0 Å². The highest BCUT2D eigenvalue weighted by molar-refractivity contribution is 7.15. The molecule has 0 radical (unpaired) electrons. The molecule has 6 nitrogen and oxygen atoms in total. The van der Waals surface area contributed by atoms with E-state index in [4.69, 9.17) is 5.11 Å². The second kappa shape index (κ2) is 7.09. The molecule has 0 bridgehead atoms. The van der Waals surface area contributed by atoms with Crippen molar-refractivity contribution in [2.24, 2.45) is 0 Å². The Kier molecular flexibility index (Phi) is 5.18. The lowest BCUT2D eigenvalue weighted by Gasteiger charge is -2.14. The third kappa shape index (κ3) is 4.47. The molecule has 1 aromatic heterocycles. The van der Waals surface area contributed by atoms with E-state index >= 15 is 0 Å². The number of halogens is 1. The number of anilines is 1. The van der Waals surface area contributed by atoms with Crippen molar-refractivity contribution in [1.82, 2.24) is 15.1 Å². The first kappa shape index (κ1) is 15.3. The molecule has 21 heavy (non-hydrogen) atoms. The minimum absolute atomic E-state index is 0.106. The Morgan fingerprint density at radius 1 is 1.48 bits per heavy atom. The molecule has 1 heterocycles. The number of benzene rings is 1. The van der Waals surface area contributed by atoms with Crippen molar-refractivity contribution in [2.45, 2.75) is 6.42 Å². The lowest BCUT2D eigenvalue weighted by Crippen LogP contribution is -2.33. The fourth-order valence-corrected chi connectivity index (χ4v) is 2.40. The molecule has 8 heteroatoms. The number of urea groups is 1. The van der Waals surface area contributed by atoms with Crippen LogP contribution in [0.2, 0.25) is 0 Å². The summed E-state index contributed by atoms with van der Waals surface area (Å²) in [7, 11) is 1.57. The van der Waals surface area contributed by atoms with Gasteiger partial charge in [0.2, 0.25) is 5.13 Å². The van der Waals surface area contributed by atoms with Gasteiger partial charge >= 0.3 is 6.03 Å². The van der Waals surface area contributed by atoms with E-state index in [0.717, 1.165) is 5.56 Å². The van der Waals surface area contributed by atoms with Crippen LogP contribution in [0.1, 0.15) is 10.6 Å². The van der Waals surface area contributed by atoms with Crippen molar-refractivity contribution < 1.29 is 14.3 Å². The van der Waals surface area contributed by atoms with Gasteiger partial charge in [0.15, 0.2) is 0 Å². The van der Waals surface area contributed by atoms with Crippen LogP contribution in [0.5, 0.6) is 0 Å². The van der Waals surface area contributed by atoms with Crippen LogP contribution >= 0.6 is 11.3 Å². The molecule has 0 aliphatic carbocycles. The second-order valence-corrected chi connectivity index (χ2v) is 5.45. The molecule has 0 saturated heterocycles. The Morgan fingerprint density at radius 2 is 2.29 bits per heavy atom. The summed E-state index contributed by atoms with van der Waals surface area (Å²) < 4.78 is 13.1. The SMILES string of the molecule is CN(CCO)C(=O)Nc1nnc(Cc2cccc(F)c2)s1. The van der Waals surface area contributed by atoms with Crippen LogP contribution in [0.4, 0.5) is 14.3 Å². The number of likely N-dealkylation sites (N-methyl/N-ethyl adjacent to an activating group) is 1. The summed E-state index contributed by atoms with van der Waals surface area (Å²) in [4.78, 5) is 13.0. The van der Waals surface area contributed by atoms with Gasteiger partial charge in [0.25, 0.3) is 0 Å². The molecule has 0 fully saturated rings. The summed E-state index contributed by atoms with van der Waals surface area (Å²) in [6.07, 6.45) is 0.456. The van der Waals surface area contributed by atoms with E-state index < -0.39 is 0 Å². The summed E-state index contributed by atoms with van der Waals surface area (Å²) in [6, 6.07) is 5.90. The molecular formula is C13H15FN4O2S. The number of rotatable bonds is 5. The zero-order valence-corrected chi connectivity index (χ0v) is 12.2. The van der Waals surface area contributed by atoms with Crippen LogP contribution in [0, 0.1) is 5.82 Å². The zero-order chi connectivity index (χ0) is 15.2. The summed E-state index contributed by atoms with van der Waals surface area (Å²) in [6.45, 7) is 0.131. The highest BCUT2D eigenvalue weighted by Crippen LogP contribution is 2.19. The maximum Gasteiger partial charge on any atom is 0.323 e. The molecule has 0 unspecified atom stereocenters. The number of hydrogen-bond donors (Lipinski definition) is 2. The standard InChI is InChI=1S/C13H15FN4O2S/c1-18(5-6-19)13(20)15-12-17-16-11(21-12)8-9-3-2-4-10(14)7-9/h2-4,7,19H,5-6,8H2,1H3,(H,15,17,20). The number of aromatic nitrogens is 2. The van der Waals surface area contributed by atoms with Crippen molar-refractivity contribution in [1.29, 1.82) is 0 Å². The molecule has 0 aliphatic heterocycles. The fourth-order valence-electron chi connectivity index (χ4n) is 1.64. The van der Waals surface area contributed by atoms with Gasteiger partial charge < -0.3 is 10.0 Å². The van der Waals surface area contributed by atoms with Gasteiger partial charge in [-0.25, -0.2) is 9.18 Å². The lowest BCUT2D eigenvalue weighted by molar-refractivity contribution is 0.202. The smallest absolute Gasteiger partial charge is 0.323 e. The van der Waals surface area contributed by atoms with Crippen LogP contribution in [-0.4, -0.2) is 46.4 Å². The number of amides is 2. The number of nitrogens with zero attached hydrogens (tertiary/aromatic N) is 3. The highest BCUT2D eigenvalue weighted by Gasteiger charge is 2.12. The predicted octanol–water partition coefficient (Wildman–Crippen LogP) is 1.72. The highest BCUT2D eigenvalue weighted by atomic mass is 32.1. The molecule has 1 aromatic carbocycles. The fraction of sp³-hybridized carbons (Fsp3) is 0.308. The van der Waals surface area contributed by atoms with Crippen LogP contribution < -0.4 is 5.32 Å². The normalized spacial score (nSPS) is 10.4. The van der Waals surface area contributed by atoms with Crippen molar-refractivity contribution in [3.63, 3.8) is 0 Å². The Bertz CT molecular complexity index is 620. The lowest BCUT2D eigenvalue weighted by atomic mass is 10.1. The minimum atomic E-state index is -0.363. The molecule has 112 valence electrons. The van der Waals surface area contributed by atoms with Crippen LogP contribution in [-0.2, 0) is 6.42 Å².